The molecule has 25 heavy (non-hydrogen) atoms. The lowest BCUT2D eigenvalue weighted by molar-refractivity contribution is -0.141. The van der Waals surface area contributed by atoms with E-state index in [9.17, 15) is 4.79 Å². The normalized spacial score (nSPS) is 12.4. The lowest BCUT2D eigenvalue weighted by Crippen LogP contribution is -2.10. The van der Waals surface area contributed by atoms with Crippen molar-refractivity contribution < 1.29 is 9.90 Å². The Labute approximate surface area is 148 Å². The van der Waals surface area contributed by atoms with Crippen LogP contribution in [0.4, 0.5) is 0 Å². The lowest BCUT2D eigenvalue weighted by Gasteiger charge is -2.10. The molecule has 2 aromatic carbocycles. The minimum atomic E-state index is -0.732. The minimum absolute atomic E-state index is 0.313. The van der Waals surface area contributed by atoms with Crippen LogP contribution in [0.2, 0.25) is 0 Å². The molecule has 3 aromatic rings. The first-order chi connectivity index (χ1) is 12.0. The molecule has 4 nitrogen and oxygen atoms in total. The number of rotatable bonds is 6. The number of carboxylic acids is 1. The van der Waals surface area contributed by atoms with Gasteiger partial charge in [0.05, 0.1) is 17.0 Å². The minimum Gasteiger partial charge on any atom is -0.481 e. The Balaban J connectivity index is 1.91. The second-order valence-corrected chi connectivity index (χ2v) is 6.60. The highest BCUT2D eigenvalue weighted by Gasteiger charge is 2.13. The van der Waals surface area contributed by atoms with E-state index < -0.39 is 5.97 Å². The van der Waals surface area contributed by atoms with Crippen LogP contribution in [0.15, 0.2) is 42.5 Å². The summed E-state index contributed by atoms with van der Waals surface area (Å²) < 4.78 is 2.21. The van der Waals surface area contributed by atoms with Crippen LogP contribution in [0, 0.1) is 12.8 Å². The predicted octanol–water partition coefficient (Wildman–Crippen LogP) is 4.55. The summed E-state index contributed by atoms with van der Waals surface area (Å²) in [5.74, 6) is 0.00736. The van der Waals surface area contributed by atoms with Crippen molar-refractivity contribution in [3.8, 4) is 5.69 Å². The summed E-state index contributed by atoms with van der Waals surface area (Å²) in [6.45, 7) is 5.96. The van der Waals surface area contributed by atoms with E-state index in [-0.39, 0.29) is 5.92 Å². The highest BCUT2D eigenvalue weighted by molar-refractivity contribution is 5.81. The molecule has 1 aromatic heterocycles. The van der Waals surface area contributed by atoms with Crippen LogP contribution < -0.4 is 0 Å². The highest BCUT2D eigenvalue weighted by Crippen LogP contribution is 2.25. The Bertz CT molecular complexity index is 894. The van der Waals surface area contributed by atoms with Crippen LogP contribution in [0.1, 0.15) is 37.2 Å². The summed E-state index contributed by atoms with van der Waals surface area (Å²) >= 11 is 0. The van der Waals surface area contributed by atoms with Gasteiger partial charge in [-0.05, 0) is 49.1 Å². The topological polar surface area (TPSA) is 55.1 Å². The number of hydrogen-bond acceptors (Lipinski definition) is 2. The molecule has 1 atom stereocenters. The maximum Gasteiger partial charge on any atom is 0.306 e. The first-order valence-corrected chi connectivity index (χ1v) is 8.80. The summed E-state index contributed by atoms with van der Waals surface area (Å²) in [7, 11) is 0. The fourth-order valence-electron chi connectivity index (χ4n) is 3.13. The molecule has 0 spiro atoms. The average molecular weight is 336 g/mol. The van der Waals surface area contributed by atoms with E-state index in [1.165, 1.54) is 5.56 Å². The number of aliphatic carboxylic acids is 1. The van der Waals surface area contributed by atoms with E-state index in [4.69, 9.17) is 10.1 Å². The SMILES string of the molecule is CCc1nc2c(C)cccc2n1-c1ccc(CCC(C)C(=O)O)cc1. The molecule has 1 heterocycles. The van der Waals surface area contributed by atoms with E-state index in [1.807, 2.05) is 0 Å². The first-order valence-electron chi connectivity index (χ1n) is 8.80. The Morgan fingerprint density at radius 3 is 2.56 bits per heavy atom. The molecule has 4 heteroatoms. The van der Waals surface area contributed by atoms with Gasteiger partial charge in [0.15, 0.2) is 0 Å². The van der Waals surface area contributed by atoms with E-state index in [1.54, 1.807) is 6.92 Å². The maximum atomic E-state index is 10.9. The largest absolute Gasteiger partial charge is 0.481 e. The Morgan fingerprint density at radius 2 is 1.92 bits per heavy atom. The van der Waals surface area contributed by atoms with Crippen LogP contribution in [0.25, 0.3) is 16.7 Å². The Kier molecular flexibility index (Phi) is 4.88. The molecule has 1 unspecified atom stereocenters. The summed E-state index contributed by atoms with van der Waals surface area (Å²) in [5.41, 5.74) is 5.63. The third-order valence-electron chi connectivity index (χ3n) is 4.75. The summed E-state index contributed by atoms with van der Waals surface area (Å²) in [4.78, 5) is 15.7. The third-order valence-corrected chi connectivity index (χ3v) is 4.75. The third kappa shape index (κ3) is 3.43. The van der Waals surface area contributed by atoms with Crippen LogP contribution in [0.5, 0.6) is 0 Å². The zero-order chi connectivity index (χ0) is 18.0. The number of aromatic nitrogens is 2. The van der Waals surface area contributed by atoms with Crippen LogP contribution in [-0.2, 0) is 17.6 Å². The molecule has 0 fully saturated rings. The zero-order valence-corrected chi connectivity index (χ0v) is 15.0. The van der Waals surface area contributed by atoms with Gasteiger partial charge in [0.25, 0.3) is 0 Å². The number of fused-ring (bicyclic) bond motifs is 1. The van der Waals surface area contributed by atoms with Crippen LogP contribution in [0.3, 0.4) is 0 Å². The van der Waals surface area contributed by atoms with E-state index in [2.05, 4.69) is 60.9 Å². The van der Waals surface area contributed by atoms with E-state index >= 15 is 0 Å². The molecular formula is C21H24N2O2. The molecule has 130 valence electrons. The number of benzene rings is 2. The molecule has 0 saturated heterocycles. The lowest BCUT2D eigenvalue weighted by atomic mass is 10.0. The van der Waals surface area contributed by atoms with Crippen molar-refractivity contribution in [2.75, 3.05) is 0 Å². The Morgan fingerprint density at radius 1 is 1.20 bits per heavy atom. The smallest absolute Gasteiger partial charge is 0.306 e. The number of imidazole rings is 1. The molecule has 0 saturated carbocycles. The van der Waals surface area contributed by atoms with Gasteiger partial charge in [-0.1, -0.05) is 38.1 Å². The first kappa shape index (κ1) is 17.2. The molecule has 3 rings (SSSR count). The monoisotopic (exact) mass is 336 g/mol. The number of carboxylic acid groups (broad SMARTS) is 1. The fraction of sp³-hybridized carbons (Fsp3) is 0.333. The standard InChI is InChI=1S/C21H24N2O2/c1-4-19-22-20-14(2)6-5-7-18(20)23(19)17-12-10-16(11-13-17)9-8-15(3)21(24)25/h5-7,10-13,15H,4,8-9H2,1-3H3,(H,24,25). The molecule has 0 aliphatic heterocycles. The molecular weight excluding hydrogens is 312 g/mol. The maximum absolute atomic E-state index is 10.9. The van der Waals surface area contributed by atoms with Crippen LogP contribution >= 0.6 is 0 Å². The predicted molar refractivity (Wildman–Crippen MR) is 100 cm³/mol. The van der Waals surface area contributed by atoms with Gasteiger partial charge in [0.1, 0.15) is 5.82 Å². The number of aryl methyl sites for hydroxylation is 3. The van der Waals surface area contributed by atoms with Crippen molar-refractivity contribution in [2.45, 2.75) is 40.0 Å². The quantitative estimate of drug-likeness (QED) is 0.718. The number of hydrogen-bond donors (Lipinski definition) is 1. The van der Waals surface area contributed by atoms with Crippen molar-refractivity contribution in [1.29, 1.82) is 0 Å². The van der Waals surface area contributed by atoms with Gasteiger partial charge >= 0.3 is 5.97 Å². The van der Waals surface area contributed by atoms with Crippen LogP contribution in [-0.4, -0.2) is 20.6 Å². The van der Waals surface area contributed by atoms with E-state index in [0.29, 0.717) is 6.42 Å². The van der Waals surface area contributed by atoms with Crippen molar-refractivity contribution in [2.24, 2.45) is 5.92 Å². The van der Waals surface area contributed by atoms with Gasteiger partial charge in [-0.3, -0.25) is 9.36 Å². The molecule has 0 aliphatic carbocycles. The summed E-state index contributed by atoms with van der Waals surface area (Å²) in [6, 6.07) is 14.6. The van der Waals surface area contributed by atoms with Gasteiger partial charge in [-0.15, -0.1) is 0 Å². The molecule has 0 amide bonds. The fourth-order valence-corrected chi connectivity index (χ4v) is 3.13. The molecule has 1 N–H and O–H groups in total. The number of nitrogens with zero attached hydrogens (tertiary/aromatic N) is 2. The summed E-state index contributed by atoms with van der Waals surface area (Å²) in [6.07, 6.45) is 2.30. The van der Waals surface area contributed by atoms with Gasteiger partial charge in [0.2, 0.25) is 0 Å². The summed E-state index contributed by atoms with van der Waals surface area (Å²) in [5, 5.41) is 9.00. The van der Waals surface area contributed by atoms with Gasteiger partial charge in [-0.2, -0.15) is 0 Å². The average Bonchev–Trinajstić information content (AvgIpc) is 3.00. The second kappa shape index (κ2) is 7.09. The highest BCUT2D eigenvalue weighted by atomic mass is 16.4. The van der Waals surface area contributed by atoms with E-state index in [0.717, 1.165) is 41.0 Å². The molecule has 0 aliphatic rings. The molecule has 0 radical (unpaired) electrons. The van der Waals surface area contributed by atoms with Crippen molar-refractivity contribution in [3.63, 3.8) is 0 Å². The van der Waals surface area contributed by atoms with Crippen molar-refractivity contribution >= 4 is 17.0 Å². The van der Waals surface area contributed by atoms with Gasteiger partial charge in [0, 0.05) is 12.1 Å². The molecule has 0 bridgehead atoms. The van der Waals surface area contributed by atoms with Gasteiger partial charge in [-0.25, -0.2) is 4.98 Å². The van der Waals surface area contributed by atoms with Crippen molar-refractivity contribution in [1.82, 2.24) is 9.55 Å². The number of para-hydroxylation sites is 1. The number of carbonyl (C=O) groups is 1. The van der Waals surface area contributed by atoms with Gasteiger partial charge < -0.3 is 5.11 Å². The zero-order valence-electron chi connectivity index (χ0n) is 15.0. The second-order valence-electron chi connectivity index (χ2n) is 6.60. The van der Waals surface area contributed by atoms with Crippen molar-refractivity contribution in [3.05, 3.63) is 59.4 Å². The Hall–Kier alpha value is -2.62.